The summed E-state index contributed by atoms with van der Waals surface area (Å²) < 4.78 is 24.3. The highest BCUT2D eigenvalue weighted by Crippen LogP contribution is 2.42. The Labute approximate surface area is 139 Å². The Balaban J connectivity index is 2.00. The molecule has 1 atom stereocenters. The molecule has 3 rings (SSSR count). The monoisotopic (exact) mass is 390 g/mol. The van der Waals surface area contributed by atoms with Gasteiger partial charge in [-0.1, -0.05) is 45.2 Å². The predicted molar refractivity (Wildman–Crippen MR) is 84.6 cm³/mol. The molecule has 0 N–H and O–H groups in total. The van der Waals surface area contributed by atoms with Crippen molar-refractivity contribution in [1.29, 1.82) is 0 Å². The van der Waals surface area contributed by atoms with Gasteiger partial charge in [-0.15, -0.1) is 0 Å². The van der Waals surface area contributed by atoms with Crippen molar-refractivity contribution in [2.45, 2.75) is 4.83 Å². The molecule has 6 heteroatoms. The molecule has 0 amide bonds. The fourth-order valence-corrected chi connectivity index (χ4v) is 3.37. The van der Waals surface area contributed by atoms with Crippen LogP contribution in [0.1, 0.15) is 16.0 Å². The van der Waals surface area contributed by atoms with E-state index < -0.39 is 5.82 Å². The van der Waals surface area contributed by atoms with Crippen molar-refractivity contribution in [3.8, 4) is 11.5 Å². The zero-order valence-corrected chi connectivity index (χ0v) is 13.8. The summed E-state index contributed by atoms with van der Waals surface area (Å²) in [5, 5.41) is 0.618. The fourth-order valence-electron chi connectivity index (χ4n) is 2.12. The number of hydrogen-bond acceptors (Lipinski definition) is 2. The zero-order chi connectivity index (χ0) is 15.0. The average Bonchev–Trinajstić information content (AvgIpc) is 2.48. The Bertz CT molecular complexity index is 694. The molecule has 1 heterocycles. The summed E-state index contributed by atoms with van der Waals surface area (Å²) >= 11 is 15.7. The molecule has 0 bridgehead atoms. The van der Waals surface area contributed by atoms with Crippen molar-refractivity contribution < 1.29 is 13.9 Å². The van der Waals surface area contributed by atoms with E-state index in [0.717, 1.165) is 11.1 Å². The van der Waals surface area contributed by atoms with E-state index in [1.54, 1.807) is 18.2 Å². The maximum Gasteiger partial charge on any atom is 0.162 e. The average molecular weight is 392 g/mol. The van der Waals surface area contributed by atoms with E-state index >= 15 is 0 Å². The van der Waals surface area contributed by atoms with Crippen LogP contribution in [-0.4, -0.2) is 13.2 Å². The van der Waals surface area contributed by atoms with E-state index in [1.165, 1.54) is 6.07 Å². The van der Waals surface area contributed by atoms with E-state index in [-0.39, 0.29) is 9.85 Å². The molecule has 0 aromatic heterocycles. The molecule has 2 aromatic rings. The van der Waals surface area contributed by atoms with Gasteiger partial charge in [0.15, 0.2) is 11.5 Å². The lowest BCUT2D eigenvalue weighted by Crippen LogP contribution is -2.15. The van der Waals surface area contributed by atoms with Gasteiger partial charge in [-0.25, -0.2) is 4.39 Å². The van der Waals surface area contributed by atoms with Crippen LogP contribution in [0, 0.1) is 5.82 Å². The number of alkyl halides is 1. The number of ether oxygens (including phenoxy) is 2. The third kappa shape index (κ3) is 2.98. The third-order valence-electron chi connectivity index (χ3n) is 3.17. The lowest BCUT2D eigenvalue weighted by Gasteiger charge is -2.21. The van der Waals surface area contributed by atoms with Crippen molar-refractivity contribution in [3.05, 3.63) is 57.3 Å². The van der Waals surface area contributed by atoms with Gasteiger partial charge >= 0.3 is 0 Å². The number of hydrogen-bond donors (Lipinski definition) is 0. The maximum atomic E-state index is 13.3. The van der Waals surface area contributed by atoms with Gasteiger partial charge in [-0.2, -0.15) is 0 Å². The summed E-state index contributed by atoms with van der Waals surface area (Å²) in [6, 6.07) is 8.12. The maximum absolute atomic E-state index is 13.3. The van der Waals surface area contributed by atoms with Crippen molar-refractivity contribution in [3.63, 3.8) is 0 Å². The lowest BCUT2D eigenvalue weighted by atomic mass is 10.0. The molecule has 0 radical (unpaired) electrons. The molecule has 1 unspecified atom stereocenters. The highest BCUT2D eigenvalue weighted by atomic mass is 79.9. The van der Waals surface area contributed by atoms with Crippen molar-refractivity contribution in [2.75, 3.05) is 13.2 Å². The normalized spacial score (nSPS) is 14.9. The summed E-state index contributed by atoms with van der Waals surface area (Å²) in [6.07, 6.45) is 0. The van der Waals surface area contributed by atoms with E-state index in [9.17, 15) is 4.39 Å². The van der Waals surface area contributed by atoms with Crippen LogP contribution in [0.15, 0.2) is 30.3 Å². The number of rotatable bonds is 2. The molecule has 21 heavy (non-hydrogen) atoms. The van der Waals surface area contributed by atoms with Crippen LogP contribution in [0.3, 0.4) is 0 Å². The van der Waals surface area contributed by atoms with Gasteiger partial charge in [0.05, 0.1) is 9.85 Å². The summed E-state index contributed by atoms with van der Waals surface area (Å²) in [5.41, 5.74) is 1.61. The second-order valence-corrected chi connectivity index (χ2v) is 6.28. The largest absolute Gasteiger partial charge is 0.486 e. The Morgan fingerprint density at radius 1 is 1.00 bits per heavy atom. The predicted octanol–water partition coefficient (Wildman–Crippen LogP) is 5.39. The number of fused-ring (bicyclic) bond motifs is 1. The molecule has 0 saturated carbocycles. The molecular formula is C15H10BrCl2FO2. The highest BCUT2D eigenvalue weighted by molar-refractivity contribution is 9.09. The molecular weight excluding hydrogens is 382 g/mol. The Hall–Kier alpha value is -0.970. The van der Waals surface area contributed by atoms with Crippen molar-refractivity contribution >= 4 is 39.1 Å². The van der Waals surface area contributed by atoms with Gasteiger partial charge in [0.2, 0.25) is 0 Å². The lowest BCUT2D eigenvalue weighted by molar-refractivity contribution is 0.171. The molecule has 0 saturated heterocycles. The third-order valence-corrected chi connectivity index (χ3v) is 4.81. The highest BCUT2D eigenvalue weighted by Gasteiger charge is 2.20. The van der Waals surface area contributed by atoms with Gasteiger partial charge in [0.1, 0.15) is 19.0 Å². The van der Waals surface area contributed by atoms with Gasteiger partial charge < -0.3 is 9.47 Å². The summed E-state index contributed by atoms with van der Waals surface area (Å²) in [6.45, 7) is 1.01. The van der Waals surface area contributed by atoms with E-state index in [1.807, 2.05) is 6.07 Å². The van der Waals surface area contributed by atoms with Gasteiger partial charge in [-0.3, -0.25) is 0 Å². The van der Waals surface area contributed by atoms with Gasteiger partial charge in [0.25, 0.3) is 0 Å². The topological polar surface area (TPSA) is 18.5 Å². The molecule has 110 valence electrons. The summed E-state index contributed by atoms with van der Waals surface area (Å²) in [5.74, 6) is 0.832. The first-order chi connectivity index (χ1) is 10.1. The fraction of sp³-hybridized carbons (Fsp3) is 0.200. The smallest absolute Gasteiger partial charge is 0.162 e. The minimum absolute atomic E-state index is 0.0746. The van der Waals surface area contributed by atoms with E-state index in [4.69, 9.17) is 32.7 Å². The number of benzene rings is 2. The van der Waals surface area contributed by atoms with Crippen molar-refractivity contribution in [2.24, 2.45) is 0 Å². The molecule has 0 spiro atoms. The standard InChI is InChI=1S/C15H10BrCl2FO2/c16-15(8-1-2-12(19)11(18)5-8)9-6-13-14(7-10(9)17)21-4-3-20-13/h1-2,5-7,15H,3-4H2. The zero-order valence-electron chi connectivity index (χ0n) is 10.7. The minimum atomic E-state index is -0.451. The van der Waals surface area contributed by atoms with Gasteiger partial charge in [0, 0.05) is 11.1 Å². The quantitative estimate of drug-likeness (QED) is 0.639. The van der Waals surface area contributed by atoms with Crippen LogP contribution in [0.5, 0.6) is 11.5 Å². The van der Waals surface area contributed by atoms with E-state index in [0.29, 0.717) is 29.7 Å². The molecule has 0 fully saturated rings. The summed E-state index contributed by atoms with van der Waals surface area (Å²) in [4.78, 5) is -0.223. The van der Waals surface area contributed by atoms with Crippen LogP contribution in [-0.2, 0) is 0 Å². The van der Waals surface area contributed by atoms with Crippen LogP contribution in [0.2, 0.25) is 10.0 Å². The molecule has 0 aliphatic carbocycles. The van der Waals surface area contributed by atoms with Crippen LogP contribution < -0.4 is 9.47 Å². The van der Waals surface area contributed by atoms with Crippen LogP contribution in [0.4, 0.5) is 4.39 Å². The SMILES string of the molecule is Fc1ccc(C(Br)c2cc3c(cc2Cl)OCCO3)cc1Cl. The van der Waals surface area contributed by atoms with Crippen LogP contribution >= 0.6 is 39.1 Å². The Morgan fingerprint density at radius 2 is 1.67 bits per heavy atom. The molecule has 2 nitrogen and oxygen atoms in total. The van der Waals surface area contributed by atoms with E-state index in [2.05, 4.69) is 15.9 Å². The first-order valence-electron chi connectivity index (χ1n) is 6.24. The number of halogens is 4. The molecule has 1 aliphatic heterocycles. The second-order valence-electron chi connectivity index (χ2n) is 4.55. The minimum Gasteiger partial charge on any atom is -0.486 e. The molecule has 1 aliphatic rings. The van der Waals surface area contributed by atoms with Crippen LogP contribution in [0.25, 0.3) is 0 Å². The second kappa shape index (κ2) is 6.03. The Kier molecular flexibility index (Phi) is 4.29. The summed E-state index contributed by atoms with van der Waals surface area (Å²) in [7, 11) is 0. The van der Waals surface area contributed by atoms with Gasteiger partial charge in [-0.05, 0) is 29.3 Å². The van der Waals surface area contributed by atoms with Crippen molar-refractivity contribution in [1.82, 2.24) is 0 Å². The first kappa shape index (κ1) is 14.9. The first-order valence-corrected chi connectivity index (χ1v) is 7.91. The Morgan fingerprint density at radius 3 is 2.33 bits per heavy atom. The molecule has 2 aromatic carbocycles.